The molecule has 1 aliphatic carbocycles. The number of nitrogens with zero attached hydrogens (tertiary/aromatic N) is 2. The van der Waals surface area contributed by atoms with Crippen LogP contribution in [0.5, 0.6) is 0 Å². The van der Waals surface area contributed by atoms with Crippen molar-refractivity contribution in [2.75, 3.05) is 38.7 Å². The SMILES string of the molecule is CC1CCCCC1NC(=O)COC(=O)c1cc(S(=O)(=O)N(C)C)ccc1N1CCCCC1. The van der Waals surface area contributed by atoms with Gasteiger partial charge in [0.25, 0.3) is 5.91 Å². The van der Waals surface area contributed by atoms with Gasteiger partial charge in [-0.2, -0.15) is 0 Å². The van der Waals surface area contributed by atoms with E-state index in [-0.39, 0.29) is 29.0 Å². The predicted octanol–water partition coefficient (Wildman–Crippen LogP) is 2.78. The first-order valence-corrected chi connectivity index (χ1v) is 12.9. The van der Waals surface area contributed by atoms with Crippen molar-refractivity contribution in [1.82, 2.24) is 9.62 Å². The summed E-state index contributed by atoms with van der Waals surface area (Å²) in [5, 5.41) is 2.97. The van der Waals surface area contributed by atoms with E-state index in [1.54, 1.807) is 6.07 Å². The largest absolute Gasteiger partial charge is 0.452 e. The number of benzene rings is 1. The Balaban J connectivity index is 1.76. The summed E-state index contributed by atoms with van der Waals surface area (Å²) < 4.78 is 31.7. The molecule has 2 unspecified atom stereocenters. The summed E-state index contributed by atoms with van der Waals surface area (Å²) in [5.74, 6) is -0.607. The molecule has 1 aliphatic heterocycles. The maximum atomic E-state index is 13.0. The molecule has 0 bridgehead atoms. The molecule has 9 heteroatoms. The molecule has 1 aromatic carbocycles. The lowest BCUT2D eigenvalue weighted by Gasteiger charge is -2.30. The summed E-state index contributed by atoms with van der Waals surface area (Å²) in [7, 11) is -0.815. The zero-order valence-corrected chi connectivity index (χ0v) is 20.1. The minimum absolute atomic E-state index is 0.0238. The van der Waals surface area contributed by atoms with Crippen LogP contribution < -0.4 is 10.2 Å². The number of carbonyl (C=O) groups excluding carboxylic acids is 2. The molecule has 32 heavy (non-hydrogen) atoms. The number of hydrogen-bond donors (Lipinski definition) is 1. The van der Waals surface area contributed by atoms with Crippen LogP contribution in [0.3, 0.4) is 0 Å². The van der Waals surface area contributed by atoms with Crippen molar-refractivity contribution < 1.29 is 22.7 Å². The number of esters is 1. The summed E-state index contributed by atoms with van der Waals surface area (Å²) in [6.07, 6.45) is 7.42. The number of hydrogen-bond acceptors (Lipinski definition) is 6. The fraction of sp³-hybridized carbons (Fsp3) is 0.652. The summed E-state index contributed by atoms with van der Waals surface area (Å²) in [6.45, 7) is 3.32. The van der Waals surface area contributed by atoms with Crippen LogP contribution in [0, 0.1) is 5.92 Å². The van der Waals surface area contributed by atoms with Crippen LogP contribution in [-0.4, -0.2) is 64.4 Å². The standard InChI is InChI=1S/C23H35N3O5S/c1-17-9-5-6-10-20(17)24-22(27)16-31-23(28)19-15-18(32(29,30)25(2)3)11-12-21(19)26-13-7-4-8-14-26/h11-12,15,17,20H,4-10,13-14,16H2,1-3H3,(H,24,27). The third-order valence-corrected chi connectivity index (χ3v) is 8.27. The first-order valence-electron chi connectivity index (χ1n) is 11.5. The Kier molecular flexibility index (Phi) is 8.16. The molecule has 8 nitrogen and oxygen atoms in total. The third kappa shape index (κ3) is 5.81. The second-order valence-electron chi connectivity index (χ2n) is 9.03. The first kappa shape index (κ1) is 24.5. The molecule has 1 saturated carbocycles. The molecule has 1 N–H and O–H groups in total. The van der Waals surface area contributed by atoms with E-state index in [2.05, 4.69) is 17.1 Å². The topological polar surface area (TPSA) is 96.0 Å². The van der Waals surface area contributed by atoms with Gasteiger partial charge < -0.3 is 15.0 Å². The maximum absolute atomic E-state index is 13.0. The summed E-state index contributed by atoms with van der Waals surface area (Å²) >= 11 is 0. The van der Waals surface area contributed by atoms with Crippen molar-refractivity contribution >= 4 is 27.6 Å². The molecule has 178 valence electrons. The van der Waals surface area contributed by atoms with Gasteiger partial charge in [0.1, 0.15) is 0 Å². The van der Waals surface area contributed by atoms with Crippen molar-refractivity contribution in [1.29, 1.82) is 0 Å². The number of anilines is 1. The second kappa shape index (κ2) is 10.7. The van der Waals surface area contributed by atoms with Crippen LogP contribution in [0.2, 0.25) is 0 Å². The molecule has 2 fully saturated rings. The van der Waals surface area contributed by atoms with E-state index in [0.29, 0.717) is 11.6 Å². The quantitative estimate of drug-likeness (QED) is 0.622. The fourth-order valence-electron chi connectivity index (χ4n) is 4.45. The number of amides is 1. The van der Waals surface area contributed by atoms with Gasteiger partial charge in [-0.1, -0.05) is 19.8 Å². The molecule has 2 aliphatic rings. The normalized spacial score (nSPS) is 21.9. The third-order valence-electron chi connectivity index (χ3n) is 6.46. The lowest BCUT2D eigenvalue weighted by Crippen LogP contribution is -2.43. The van der Waals surface area contributed by atoms with E-state index in [1.165, 1.54) is 32.6 Å². The molecule has 1 aromatic rings. The van der Waals surface area contributed by atoms with Gasteiger partial charge >= 0.3 is 5.97 Å². The lowest BCUT2D eigenvalue weighted by molar-refractivity contribution is -0.125. The van der Waals surface area contributed by atoms with Crippen molar-refractivity contribution in [3.05, 3.63) is 23.8 Å². The van der Waals surface area contributed by atoms with Crippen molar-refractivity contribution in [3.63, 3.8) is 0 Å². The van der Waals surface area contributed by atoms with Gasteiger partial charge in [0.05, 0.1) is 16.1 Å². The fourth-order valence-corrected chi connectivity index (χ4v) is 5.38. The van der Waals surface area contributed by atoms with Crippen LogP contribution in [0.15, 0.2) is 23.1 Å². The maximum Gasteiger partial charge on any atom is 0.340 e. The molecular weight excluding hydrogens is 430 g/mol. The van der Waals surface area contributed by atoms with Gasteiger partial charge in [-0.3, -0.25) is 4.79 Å². The van der Waals surface area contributed by atoms with Gasteiger partial charge in [-0.15, -0.1) is 0 Å². The van der Waals surface area contributed by atoms with E-state index in [9.17, 15) is 18.0 Å². The Labute approximate surface area is 191 Å². The Morgan fingerprint density at radius 3 is 2.44 bits per heavy atom. The molecule has 1 amide bonds. The monoisotopic (exact) mass is 465 g/mol. The average Bonchev–Trinajstić information content (AvgIpc) is 2.79. The number of piperidine rings is 1. The Morgan fingerprint density at radius 1 is 1.09 bits per heavy atom. The Morgan fingerprint density at radius 2 is 1.78 bits per heavy atom. The van der Waals surface area contributed by atoms with Crippen molar-refractivity contribution in [2.24, 2.45) is 5.92 Å². The highest BCUT2D eigenvalue weighted by Crippen LogP contribution is 2.28. The second-order valence-corrected chi connectivity index (χ2v) is 11.2. The number of ether oxygens (including phenoxy) is 1. The molecule has 3 rings (SSSR count). The summed E-state index contributed by atoms with van der Waals surface area (Å²) in [6, 6.07) is 4.66. The predicted molar refractivity (Wildman–Crippen MR) is 123 cm³/mol. The van der Waals surface area contributed by atoms with Gasteiger partial charge in [0, 0.05) is 33.2 Å². The molecule has 0 radical (unpaired) electrons. The van der Waals surface area contributed by atoms with Crippen LogP contribution in [0.25, 0.3) is 0 Å². The van der Waals surface area contributed by atoms with Crippen molar-refractivity contribution in [2.45, 2.75) is 62.8 Å². The van der Waals surface area contributed by atoms with E-state index in [0.717, 1.165) is 55.9 Å². The highest BCUT2D eigenvalue weighted by atomic mass is 32.2. The zero-order chi connectivity index (χ0) is 23.3. The molecule has 0 spiro atoms. The van der Waals surface area contributed by atoms with Crippen LogP contribution in [-0.2, 0) is 19.6 Å². The van der Waals surface area contributed by atoms with E-state index in [4.69, 9.17) is 4.74 Å². The van der Waals surface area contributed by atoms with Crippen molar-refractivity contribution in [3.8, 4) is 0 Å². The summed E-state index contributed by atoms with van der Waals surface area (Å²) in [4.78, 5) is 27.5. The molecule has 2 atom stereocenters. The highest BCUT2D eigenvalue weighted by molar-refractivity contribution is 7.89. The number of nitrogens with one attached hydrogen (secondary N) is 1. The van der Waals surface area contributed by atoms with E-state index < -0.39 is 16.0 Å². The smallest absolute Gasteiger partial charge is 0.340 e. The number of sulfonamides is 1. The van der Waals surface area contributed by atoms with Crippen LogP contribution in [0.1, 0.15) is 62.2 Å². The summed E-state index contributed by atoms with van der Waals surface area (Å²) in [5.41, 5.74) is 0.822. The number of rotatable bonds is 7. The van der Waals surface area contributed by atoms with Crippen LogP contribution in [0.4, 0.5) is 5.69 Å². The van der Waals surface area contributed by atoms with Crippen LogP contribution >= 0.6 is 0 Å². The van der Waals surface area contributed by atoms with Gasteiger partial charge in [-0.25, -0.2) is 17.5 Å². The minimum Gasteiger partial charge on any atom is -0.452 e. The van der Waals surface area contributed by atoms with E-state index in [1.807, 2.05) is 0 Å². The lowest BCUT2D eigenvalue weighted by atomic mass is 9.86. The van der Waals surface area contributed by atoms with Gasteiger partial charge in [0.2, 0.25) is 10.0 Å². The average molecular weight is 466 g/mol. The first-order chi connectivity index (χ1) is 15.2. The Hall–Kier alpha value is -2.13. The zero-order valence-electron chi connectivity index (χ0n) is 19.3. The molecule has 1 heterocycles. The van der Waals surface area contributed by atoms with Gasteiger partial charge in [-0.05, 0) is 56.2 Å². The minimum atomic E-state index is -3.71. The molecule has 1 saturated heterocycles. The molecule has 0 aromatic heterocycles. The van der Waals surface area contributed by atoms with Gasteiger partial charge in [0.15, 0.2) is 6.61 Å². The Bertz CT molecular complexity index is 926. The highest BCUT2D eigenvalue weighted by Gasteiger charge is 2.26. The van der Waals surface area contributed by atoms with E-state index >= 15 is 0 Å². The molecular formula is C23H35N3O5S. The number of carbonyl (C=O) groups is 2.